The van der Waals surface area contributed by atoms with E-state index < -0.39 is 0 Å². The molecule has 0 bridgehead atoms. The van der Waals surface area contributed by atoms with Crippen LogP contribution in [-0.4, -0.2) is 25.8 Å². The minimum absolute atomic E-state index is 0.0885. The van der Waals surface area contributed by atoms with Gasteiger partial charge in [-0.25, -0.2) is 0 Å². The van der Waals surface area contributed by atoms with E-state index >= 15 is 0 Å². The van der Waals surface area contributed by atoms with Gasteiger partial charge in [0.05, 0.1) is 6.61 Å². The highest BCUT2D eigenvalue weighted by Crippen LogP contribution is 2.02. The van der Waals surface area contributed by atoms with Gasteiger partial charge in [-0.3, -0.25) is 4.79 Å². The first-order valence-corrected chi connectivity index (χ1v) is 6.15. The van der Waals surface area contributed by atoms with E-state index in [1.165, 1.54) is 0 Å². The van der Waals surface area contributed by atoms with Crippen LogP contribution in [0.2, 0.25) is 0 Å². The van der Waals surface area contributed by atoms with Gasteiger partial charge in [-0.1, -0.05) is 12.5 Å². The van der Waals surface area contributed by atoms with Gasteiger partial charge in [0.15, 0.2) is 0 Å². The van der Waals surface area contributed by atoms with Crippen LogP contribution in [0.15, 0.2) is 12.7 Å². The first-order valence-electron chi connectivity index (χ1n) is 6.15. The zero-order chi connectivity index (χ0) is 12.1. The second-order valence-corrected chi connectivity index (χ2v) is 3.66. The molecule has 94 valence electrons. The number of unbranched alkanes of at least 4 members (excludes halogenated alkanes) is 3. The average molecular weight is 228 g/mol. The Labute approximate surface area is 98.8 Å². The van der Waals surface area contributed by atoms with Crippen molar-refractivity contribution in [2.75, 3.05) is 19.8 Å². The lowest BCUT2D eigenvalue weighted by atomic mass is 10.2. The second-order valence-electron chi connectivity index (χ2n) is 3.66. The van der Waals surface area contributed by atoms with Gasteiger partial charge >= 0.3 is 5.97 Å². The molecular formula is C13H24O3. The van der Waals surface area contributed by atoms with Crippen LogP contribution in [-0.2, 0) is 14.3 Å². The van der Waals surface area contributed by atoms with Crippen molar-refractivity contribution in [1.29, 1.82) is 0 Å². The summed E-state index contributed by atoms with van der Waals surface area (Å²) >= 11 is 0. The Hall–Kier alpha value is -0.830. The third-order valence-electron chi connectivity index (χ3n) is 2.17. The number of rotatable bonds is 11. The van der Waals surface area contributed by atoms with Gasteiger partial charge in [0, 0.05) is 19.6 Å². The summed E-state index contributed by atoms with van der Waals surface area (Å²) in [6.45, 7) is 7.56. The van der Waals surface area contributed by atoms with Crippen molar-refractivity contribution in [2.45, 2.75) is 45.4 Å². The number of carbonyl (C=O) groups is 1. The number of hydrogen-bond acceptors (Lipinski definition) is 3. The predicted molar refractivity (Wildman–Crippen MR) is 65.4 cm³/mol. The molecule has 0 saturated heterocycles. The summed E-state index contributed by atoms with van der Waals surface area (Å²) in [4.78, 5) is 11.0. The van der Waals surface area contributed by atoms with Gasteiger partial charge in [-0.05, 0) is 32.6 Å². The van der Waals surface area contributed by atoms with Crippen LogP contribution in [0.1, 0.15) is 45.4 Å². The standard InChI is InChI=1S/C13H24O3/c1-3-5-8-11-15-12-9-6-7-10-13(14)16-4-2/h3H,1,4-12H2,2H3. The van der Waals surface area contributed by atoms with Gasteiger partial charge in [0.1, 0.15) is 0 Å². The van der Waals surface area contributed by atoms with Gasteiger partial charge in [-0.15, -0.1) is 6.58 Å². The van der Waals surface area contributed by atoms with Crippen LogP contribution in [0.5, 0.6) is 0 Å². The van der Waals surface area contributed by atoms with Gasteiger partial charge in [0.25, 0.3) is 0 Å². The molecular weight excluding hydrogens is 204 g/mol. The number of ether oxygens (including phenoxy) is 2. The predicted octanol–water partition coefficient (Wildman–Crippen LogP) is 3.09. The Morgan fingerprint density at radius 2 is 1.94 bits per heavy atom. The van der Waals surface area contributed by atoms with E-state index in [0.717, 1.165) is 45.3 Å². The summed E-state index contributed by atoms with van der Waals surface area (Å²) in [5.41, 5.74) is 0. The molecule has 0 aromatic carbocycles. The SMILES string of the molecule is C=CCCCOCCCCCC(=O)OCC. The van der Waals surface area contributed by atoms with Crippen LogP contribution in [0, 0.1) is 0 Å². The Morgan fingerprint density at radius 1 is 1.19 bits per heavy atom. The summed E-state index contributed by atoms with van der Waals surface area (Å²) in [6.07, 6.45) is 7.45. The van der Waals surface area contributed by atoms with Gasteiger partial charge in [0.2, 0.25) is 0 Å². The van der Waals surface area contributed by atoms with Crippen LogP contribution in [0.25, 0.3) is 0 Å². The van der Waals surface area contributed by atoms with Crippen LogP contribution < -0.4 is 0 Å². The van der Waals surface area contributed by atoms with Crippen molar-refractivity contribution >= 4 is 5.97 Å². The molecule has 3 heteroatoms. The minimum Gasteiger partial charge on any atom is -0.466 e. The largest absolute Gasteiger partial charge is 0.466 e. The second kappa shape index (κ2) is 12.2. The number of esters is 1. The van der Waals surface area contributed by atoms with Gasteiger partial charge < -0.3 is 9.47 Å². The first kappa shape index (κ1) is 15.2. The topological polar surface area (TPSA) is 35.5 Å². The smallest absolute Gasteiger partial charge is 0.305 e. The van der Waals surface area contributed by atoms with Crippen molar-refractivity contribution in [2.24, 2.45) is 0 Å². The lowest BCUT2D eigenvalue weighted by molar-refractivity contribution is -0.143. The maximum absolute atomic E-state index is 11.0. The number of allylic oxidation sites excluding steroid dienone is 1. The fraction of sp³-hybridized carbons (Fsp3) is 0.769. The fourth-order valence-electron chi connectivity index (χ4n) is 1.32. The van der Waals surface area contributed by atoms with Crippen molar-refractivity contribution < 1.29 is 14.3 Å². The summed E-state index contributed by atoms with van der Waals surface area (Å²) < 4.78 is 10.3. The lowest BCUT2D eigenvalue weighted by Crippen LogP contribution is -2.03. The maximum Gasteiger partial charge on any atom is 0.305 e. The maximum atomic E-state index is 11.0. The fourth-order valence-corrected chi connectivity index (χ4v) is 1.32. The van der Waals surface area contributed by atoms with Crippen LogP contribution in [0.3, 0.4) is 0 Å². The zero-order valence-electron chi connectivity index (χ0n) is 10.4. The molecule has 0 aliphatic carbocycles. The van der Waals surface area contributed by atoms with E-state index in [0.29, 0.717) is 13.0 Å². The Balaban J connectivity index is 3.03. The summed E-state index contributed by atoms with van der Waals surface area (Å²) in [7, 11) is 0. The van der Waals surface area contributed by atoms with E-state index in [4.69, 9.17) is 9.47 Å². The molecule has 0 aromatic rings. The van der Waals surface area contributed by atoms with E-state index in [9.17, 15) is 4.79 Å². The molecule has 0 radical (unpaired) electrons. The molecule has 16 heavy (non-hydrogen) atoms. The quantitative estimate of drug-likeness (QED) is 0.310. The Kier molecular flexibility index (Phi) is 11.6. The number of carbonyl (C=O) groups excluding carboxylic acids is 1. The molecule has 0 atom stereocenters. The molecule has 0 rings (SSSR count). The lowest BCUT2D eigenvalue weighted by Gasteiger charge is -2.03. The highest BCUT2D eigenvalue weighted by molar-refractivity contribution is 5.69. The number of hydrogen-bond donors (Lipinski definition) is 0. The van der Waals surface area contributed by atoms with Crippen molar-refractivity contribution in [3.63, 3.8) is 0 Å². The molecule has 0 aliphatic rings. The Morgan fingerprint density at radius 3 is 2.62 bits per heavy atom. The molecule has 0 unspecified atom stereocenters. The molecule has 0 heterocycles. The molecule has 0 aliphatic heterocycles. The van der Waals surface area contributed by atoms with Crippen LogP contribution in [0.4, 0.5) is 0 Å². The van der Waals surface area contributed by atoms with Crippen LogP contribution >= 0.6 is 0 Å². The normalized spacial score (nSPS) is 10.1. The van der Waals surface area contributed by atoms with Crippen molar-refractivity contribution in [1.82, 2.24) is 0 Å². The first-order chi connectivity index (χ1) is 7.81. The molecule has 0 fully saturated rings. The van der Waals surface area contributed by atoms with Crippen molar-refractivity contribution in [3.05, 3.63) is 12.7 Å². The molecule has 0 N–H and O–H groups in total. The summed E-state index contributed by atoms with van der Waals surface area (Å²) in [5, 5.41) is 0. The Bertz CT molecular complexity index is 178. The van der Waals surface area contributed by atoms with Gasteiger partial charge in [-0.2, -0.15) is 0 Å². The zero-order valence-corrected chi connectivity index (χ0v) is 10.4. The van der Waals surface area contributed by atoms with Crippen molar-refractivity contribution in [3.8, 4) is 0 Å². The molecule has 0 amide bonds. The molecule has 0 aromatic heterocycles. The van der Waals surface area contributed by atoms with E-state index in [1.807, 2.05) is 13.0 Å². The summed E-state index contributed by atoms with van der Waals surface area (Å²) in [5.74, 6) is -0.0885. The molecule has 0 saturated carbocycles. The monoisotopic (exact) mass is 228 g/mol. The van der Waals surface area contributed by atoms with E-state index in [2.05, 4.69) is 6.58 Å². The molecule has 3 nitrogen and oxygen atoms in total. The summed E-state index contributed by atoms with van der Waals surface area (Å²) in [6, 6.07) is 0. The third kappa shape index (κ3) is 11.2. The highest BCUT2D eigenvalue weighted by Gasteiger charge is 2.00. The highest BCUT2D eigenvalue weighted by atomic mass is 16.5. The van der Waals surface area contributed by atoms with E-state index in [1.54, 1.807) is 0 Å². The van der Waals surface area contributed by atoms with E-state index in [-0.39, 0.29) is 5.97 Å². The average Bonchev–Trinajstić information content (AvgIpc) is 2.27. The minimum atomic E-state index is -0.0885. The molecule has 0 spiro atoms. The third-order valence-corrected chi connectivity index (χ3v) is 2.17.